The number of aryl methyl sites for hydroxylation is 1. The van der Waals surface area contributed by atoms with Crippen molar-refractivity contribution in [3.05, 3.63) is 132 Å². The molecule has 4 amide bonds. The molecule has 0 saturated heterocycles. The van der Waals surface area contributed by atoms with Gasteiger partial charge in [0.2, 0.25) is 0 Å². The second-order valence-electron chi connectivity index (χ2n) is 8.68. The smallest absolute Gasteiger partial charge is 0.328 e. The number of hydrogen-bond acceptors (Lipinski definition) is 4. The molecule has 0 saturated carbocycles. The zero-order valence-electron chi connectivity index (χ0n) is 20.7. The molecule has 0 spiro atoms. The molecule has 0 aromatic heterocycles. The fraction of sp³-hybridized carbons (Fsp3) is 0.103. The molecule has 0 bridgehead atoms. The second kappa shape index (κ2) is 11.6. The topological polar surface area (TPSA) is 116 Å². The third-order valence-electron chi connectivity index (χ3n) is 5.96. The van der Waals surface area contributed by atoms with Crippen LogP contribution in [0, 0.1) is 6.92 Å². The molecule has 0 radical (unpaired) electrons. The Morgan fingerprint density at radius 1 is 0.684 bits per heavy atom. The molecule has 0 aliphatic carbocycles. The maximum atomic E-state index is 13.2. The van der Waals surface area contributed by atoms with E-state index in [1.807, 2.05) is 73.7 Å². The van der Waals surface area contributed by atoms with E-state index >= 15 is 0 Å². The van der Waals surface area contributed by atoms with E-state index in [0.29, 0.717) is 16.8 Å². The third kappa shape index (κ3) is 6.37. The number of amides is 4. The molecule has 0 unspecified atom stereocenters. The average Bonchev–Trinajstić information content (AvgIpc) is 2.92. The Balaban J connectivity index is 1.63. The number of benzene rings is 4. The maximum Gasteiger partial charge on any atom is 0.328 e. The number of carbonyl (C=O) groups is 2. The van der Waals surface area contributed by atoms with E-state index in [0.717, 1.165) is 5.56 Å². The highest BCUT2D eigenvalue weighted by Crippen LogP contribution is 2.29. The number of para-hydroxylation sites is 1. The fourth-order valence-electron chi connectivity index (χ4n) is 4.03. The second-order valence-corrected chi connectivity index (χ2v) is 10.4. The van der Waals surface area contributed by atoms with Crippen LogP contribution in [0.5, 0.6) is 0 Å². The van der Waals surface area contributed by atoms with Crippen LogP contribution in [0.4, 0.5) is 15.3 Å². The number of sulfonamides is 1. The molecule has 4 rings (SSSR count). The number of rotatable bonds is 8. The average molecular weight is 529 g/mol. The van der Waals surface area contributed by atoms with Crippen molar-refractivity contribution < 1.29 is 18.0 Å². The molecule has 0 aliphatic rings. The highest BCUT2D eigenvalue weighted by atomic mass is 32.2. The molecule has 4 aromatic rings. The normalized spacial score (nSPS) is 11.3. The number of nitrogens with one attached hydrogen (secondary N) is 4. The molecule has 194 valence electrons. The Kier molecular flexibility index (Phi) is 8.08. The van der Waals surface area contributed by atoms with Gasteiger partial charge in [0.25, 0.3) is 10.0 Å². The summed E-state index contributed by atoms with van der Waals surface area (Å²) in [7, 11) is -4.10. The molecule has 8 nitrogen and oxygen atoms in total. The van der Waals surface area contributed by atoms with Crippen molar-refractivity contribution in [3.8, 4) is 0 Å². The zero-order valence-corrected chi connectivity index (χ0v) is 21.5. The standard InChI is InChI=1S/C29H28N4O4S/c1-22-17-19-26(20-18-22)38(36,37)33-27(34)30-21-29(23-11-5-2-6-12-23,24-13-7-3-8-14-24)32-28(35)31-25-15-9-4-10-16-25/h2-20H,21H2,1H3,(H2,30,33,34)(H2,31,32,35). The van der Waals surface area contributed by atoms with Crippen LogP contribution in [0.3, 0.4) is 0 Å². The van der Waals surface area contributed by atoms with Crippen LogP contribution < -0.4 is 20.7 Å². The van der Waals surface area contributed by atoms with E-state index in [-0.39, 0.29) is 11.4 Å². The predicted octanol–water partition coefficient (Wildman–Crippen LogP) is 4.75. The molecule has 38 heavy (non-hydrogen) atoms. The van der Waals surface area contributed by atoms with Crippen LogP contribution in [0.2, 0.25) is 0 Å². The molecular weight excluding hydrogens is 500 g/mol. The van der Waals surface area contributed by atoms with Crippen LogP contribution in [0.1, 0.15) is 16.7 Å². The summed E-state index contributed by atoms with van der Waals surface area (Å²) in [5.74, 6) is 0. The first-order valence-electron chi connectivity index (χ1n) is 11.9. The summed E-state index contributed by atoms with van der Waals surface area (Å²) < 4.78 is 27.5. The number of carbonyl (C=O) groups excluding carboxylic acids is 2. The third-order valence-corrected chi connectivity index (χ3v) is 7.31. The molecule has 0 heterocycles. The summed E-state index contributed by atoms with van der Waals surface area (Å²) in [6.07, 6.45) is 0. The number of hydrogen-bond donors (Lipinski definition) is 4. The van der Waals surface area contributed by atoms with Crippen LogP contribution in [0.25, 0.3) is 0 Å². The first-order valence-corrected chi connectivity index (χ1v) is 13.4. The van der Waals surface area contributed by atoms with Gasteiger partial charge in [0.05, 0.1) is 11.4 Å². The highest BCUT2D eigenvalue weighted by molar-refractivity contribution is 7.90. The molecule has 4 N–H and O–H groups in total. The van der Waals surface area contributed by atoms with Crippen LogP contribution in [-0.2, 0) is 15.6 Å². The molecule has 4 aromatic carbocycles. The van der Waals surface area contributed by atoms with Crippen LogP contribution >= 0.6 is 0 Å². The lowest BCUT2D eigenvalue weighted by Gasteiger charge is -2.36. The largest absolute Gasteiger partial charge is 0.334 e. The molecule has 0 fully saturated rings. The Morgan fingerprint density at radius 3 is 1.71 bits per heavy atom. The van der Waals surface area contributed by atoms with Gasteiger partial charge in [-0.2, -0.15) is 0 Å². The molecular formula is C29H28N4O4S. The van der Waals surface area contributed by atoms with E-state index in [2.05, 4.69) is 20.7 Å². The van der Waals surface area contributed by atoms with Gasteiger partial charge in [-0.25, -0.2) is 22.7 Å². The van der Waals surface area contributed by atoms with Gasteiger partial charge < -0.3 is 16.0 Å². The minimum Gasteiger partial charge on any atom is -0.334 e. The van der Waals surface area contributed by atoms with Crippen molar-refractivity contribution in [2.75, 3.05) is 11.9 Å². The van der Waals surface area contributed by atoms with Crippen molar-refractivity contribution in [3.63, 3.8) is 0 Å². The Hall–Kier alpha value is -4.63. The maximum absolute atomic E-state index is 13.2. The molecule has 9 heteroatoms. The van der Waals surface area contributed by atoms with E-state index in [9.17, 15) is 18.0 Å². The van der Waals surface area contributed by atoms with Gasteiger partial charge in [-0.15, -0.1) is 0 Å². The Bertz CT molecular complexity index is 1440. The van der Waals surface area contributed by atoms with Gasteiger partial charge >= 0.3 is 12.1 Å². The van der Waals surface area contributed by atoms with Gasteiger partial charge in [-0.05, 0) is 42.3 Å². The summed E-state index contributed by atoms with van der Waals surface area (Å²) in [5, 5.41) is 8.50. The van der Waals surface area contributed by atoms with E-state index < -0.39 is 27.6 Å². The summed E-state index contributed by atoms with van der Waals surface area (Å²) in [4.78, 5) is 26.0. The monoisotopic (exact) mass is 528 g/mol. The first kappa shape index (κ1) is 26.4. The number of urea groups is 2. The predicted molar refractivity (Wildman–Crippen MR) is 147 cm³/mol. The van der Waals surface area contributed by atoms with Gasteiger partial charge in [-0.1, -0.05) is 96.6 Å². The van der Waals surface area contributed by atoms with Crippen LogP contribution in [-0.4, -0.2) is 27.0 Å². The van der Waals surface area contributed by atoms with Gasteiger partial charge in [0, 0.05) is 5.69 Å². The lowest BCUT2D eigenvalue weighted by Crippen LogP contribution is -2.56. The lowest BCUT2D eigenvalue weighted by molar-refractivity contribution is 0.233. The molecule has 0 atom stereocenters. The van der Waals surface area contributed by atoms with Gasteiger partial charge in [-0.3, -0.25) is 0 Å². The SMILES string of the molecule is Cc1ccc(S(=O)(=O)NC(=O)NCC(NC(=O)Nc2ccccc2)(c2ccccc2)c2ccccc2)cc1. The summed E-state index contributed by atoms with van der Waals surface area (Å²) >= 11 is 0. The Morgan fingerprint density at radius 2 is 1.18 bits per heavy atom. The minimum atomic E-state index is -4.10. The highest BCUT2D eigenvalue weighted by Gasteiger charge is 2.37. The fourth-order valence-corrected chi connectivity index (χ4v) is 4.96. The lowest BCUT2D eigenvalue weighted by atomic mass is 9.82. The Labute approximate surface area is 222 Å². The van der Waals surface area contributed by atoms with Crippen molar-refractivity contribution in [2.45, 2.75) is 17.4 Å². The van der Waals surface area contributed by atoms with E-state index in [1.54, 1.807) is 36.4 Å². The van der Waals surface area contributed by atoms with Crippen molar-refractivity contribution >= 4 is 27.8 Å². The summed E-state index contributed by atoms with van der Waals surface area (Å²) in [6.45, 7) is 1.70. The van der Waals surface area contributed by atoms with Crippen molar-refractivity contribution in [1.29, 1.82) is 0 Å². The number of anilines is 1. The minimum absolute atomic E-state index is 0.0315. The van der Waals surface area contributed by atoms with Crippen LogP contribution in [0.15, 0.2) is 120 Å². The molecule has 0 aliphatic heterocycles. The zero-order chi connectivity index (χ0) is 27.0. The summed E-state index contributed by atoms with van der Waals surface area (Å²) in [5.41, 5.74) is 1.64. The summed E-state index contributed by atoms with van der Waals surface area (Å²) in [6, 6.07) is 32.0. The van der Waals surface area contributed by atoms with E-state index in [4.69, 9.17) is 0 Å². The quantitative estimate of drug-likeness (QED) is 0.264. The van der Waals surface area contributed by atoms with Gasteiger partial charge in [0.1, 0.15) is 5.54 Å². The van der Waals surface area contributed by atoms with Crippen molar-refractivity contribution in [1.82, 2.24) is 15.4 Å². The van der Waals surface area contributed by atoms with E-state index in [1.165, 1.54) is 12.1 Å². The van der Waals surface area contributed by atoms with Gasteiger partial charge in [0.15, 0.2) is 0 Å². The first-order chi connectivity index (χ1) is 18.3. The van der Waals surface area contributed by atoms with Crippen molar-refractivity contribution in [2.24, 2.45) is 0 Å².